The summed E-state index contributed by atoms with van der Waals surface area (Å²) in [6.07, 6.45) is 8.60. The van der Waals surface area contributed by atoms with Crippen molar-refractivity contribution in [2.45, 2.75) is 46.7 Å². The van der Waals surface area contributed by atoms with Crippen molar-refractivity contribution in [2.24, 2.45) is 5.92 Å². The largest absolute Gasteiger partial charge is 0.335 e. The van der Waals surface area contributed by atoms with Crippen LogP contribution in [0, 0.1) is 5.92 Å². The van der Waals surface area contributed by atoms with E-state index in [0.717, 1.165) is 40.8 Å². The number of nitrogens with zero attached hydrogens (tertiary/aromatic N) is 9. The van der Waals surface area contributed by atoms with E-state index in [0.29, 0.717) is 30.8 Å². The standard InChI is InChI=1S/C25H28N10O/c1-4-7-19-15-34(24-27-16-28-35(24)13-17(2)3)25(36)33(19)14-18-12-26-11-10-20(18)21-8-5-6-9-22(21)23-29-31-32-30-23/h5-6,8-12,15-17H,4,7,13-14H2,1-3H3,(H,29,30,31,32). The van der Waals surface area contributed by atoms with Crippen molar-refractivity contribution in [3.05, 3.63) is 77.0 Å². The predicted octanol–water partition coefficient (Wildman–Crippen LogP) is 3.13. The number of aromatic amines is 1. The predicted molar refractivity (Wildman–Crippen MR) is 134 cm³/mol. The fourth-order valence-electron chi connectivity index (χ4n) is 4.39. The molecule has 0 aliphatic heterocycles. The molecule has 0 aliphatic rings. The molecule has 0 radical (unpaired) electrons. The van der Waals surface area contributed by atoms with Crippen LogP contribution < -0.4 is 5.69 Å². The summed E-state index contributed by atoms with van der Waals surface area (Å²) >= 11 is 0. The second-order valence-electron chi connectivity index (χ2n) is 9.06. The van der Waals surface area contributed by atoms with Crippen LogP contribution >= 0.6 is 0 Å². The van der Waals surface area contributed by atoms with Gasteiger partial charge < -0.3 is 0 Å². The Labute approximate surface area is 207 Å². The highest BCUT2D eigenvalue weighted by Gasteiger charge is 2.19. The third-order valence-electron chi connectivity index (χ3n) is 5.95. The zero-order valence-corrected chi connectivity index (χ0v) is 20.5. The molecule has 11 heteroatoms. The van der Waals surface area contributed by atoms with E-state index in [4.69, 9.17) is 0 Å². The third-order valence-corrected chi connectivity index (χ3v) is 5.95. The Hall–Kier alpha value is -4.41. The molecule has 0 saturated heterocycles. The van der Waals surface area contributed by atoms with E-state index in [1.165, 1.54) is 6.33 Å². The Kier molecular flexibility index (Phi) is 6.52. The maximum absolute atomic E-state index is 13.7. The van der Waals surface area contributed by atoms with Gasteiger partial charge in [0.2, 0.25) is 11.8 Å². The molecule has 0 saturated carbocycles. The van der Waals surface area contributed by atoms with E-state index in [2.05, 4.69) is 56.5 Å². The summed E-state index contributed by atoms with van der Waals surface area (Å²) in [6.45, 7) is 7.36. The van der Waals surface area contributed by atoms with E-state index >= 15 is 0 Å². The number of aryl methyl sites for hydroxylation is 1. The van der Waals surface area contributed by atoms with Crippen molar-refractivity contribution < 1.29 is 0 Å². The molecule has 0 unspecified atom stereocenters. The molecular formula is C25H28N10O. The molecule has 0 spiro atoms. The zero-order valence-electron chi connectivity index (χ0n) is 20.5. The second-order valence-corrected chi connectivity index (χ2v) is 9.06. The lowest BCUT2D eigenvalue weighted by atomic mass is 9.96. The molecule has 5 rings (SSSR count). The van der Waals surface area contributed by atoms with Crippen LogP contribution in [0.1, 0.15) is 38.4 Å². The molecule has 0 aliphatic carbocycles. The SMILES string of the molecule is CCCc1cn(-c2ncnn2CC(C)C)c(=O)n1Cc1cnccc1-c1ccccc1-c1nn[nH]n1. The van der Waals surface area contributed by atoms with Gasteiger partial charge in [0.25, 0.3) is 0 Å². The average Bonchev–Trinajstić information content (AvgIpc) is 3.62. The molecule has 4 heterocycles. The minimum absolute atomic E-state index is 0.155. The highest BCUT2D eigenvalue weighted by atomic mass is 16.2. The van der Waals surface area contributed by atoms with Gasteiger partial charge in [0.15, 0.2) is 0 Å². The van der Waals surface area contributed by atoms with Gasteiger partial charge in [-0.05, 0) is 40.3 Å². The van der Waals surface area contributed by atoms with Crippen LogP contribution in [0.15, 0.2) is 60.0 Å². The van der Waals surface area contributed by atoms with E-state index in [1.54, 1.807) is 20.0 Å². The van der Waals surface area contributed by atoms with E-state index in [1.807, 2.05) is 42.7 Å². The molecule has 0 fully saturated rings. The normalized spacial score (nSPS) is 11.4. The Bertz CT molecular complexity index is 1510. The number of hydrogen-bond acceptors (Lipinski definition) is 7. The van der Waals surface area contributed by atoms with Gasteiger partial charge in [-0.15, -0.1) is 10.2 Å². The Morgan fingerprint density at radius 1 is 1.08 bits per heavy atom. The highest BCUT2D eigenvalue weighted by molar-refractivity contribution is 5.81. The number of hydrogen-bond donors (Lipinski definition) is 1. The number of benzene rings is 1. The van der Waals surface area contributed by atoms with Crippen molar-refractivity contribution in [3.63, 3.8) is 0 Å². The third kappa shape index (κ3) is 4.47. The lowest BCUT2D eigenvalue weighted by molar-refractivity contribution is 0.473. The first-order chi connectivity index (χ1) is 17.6. The molecule has 5 aromatic rings. The molecular weight excluding hydrogens is 456 g/mol. The average molecular weight is 485 g/mol. The van der Waals surface area contributed by atoms with Crippen LogP contribution in [0.25, 0.3) is 28.5 Å². The van der Waals surface area contributed by atoms with Crippen molar-refractivity contribution in [1.82, 2.24) is 49.5 Å². The van der Waals surface area contributed by atoms with Crippen LogP contribution in [-0.2, 0) is 19.5 Å². The molecule has 11 nitrogen and oxygen atoms in total. The number of imidazole rings is 1. The minimum Gasteiger partial charge on any atom is -0.291 e. The van der Waals surface area contributed by atoms with Crippen molar-refractivity contribution in [2.75, 3.05) is 0 Å². The monoisotopic (exact) mass is 484 g/mol. The number of tetrazole rings is 1. The number of rotatable bonds is 9. The van der Waals surface area contributed by atoms with Crippen LogP contribution in [0.2, 0.25) is 0 Å². The maximum atomic E-state index is 13.7. The van der Waals surface area contributed by atoms with Crippen LogP contribution in [0.4, 0.5) is 0 Å². The summed E-state index contributed by atoms with van der Waals surface area (Å²) in [5.74, 6) is 1.40. The van der Waals surface area contributed by atoms with Gasteiger partial charge in [0.05, 0.1) is 6.54 Å². The van der Waals surface area contributed by atoms with Gasteiger partial charge in [0.1, 0.15) is 6.33 Å². The summed E-state index contributed by atoms with van der Waals surface area (Å²) in [7, 11) is 0. The van der Waals surface area contributed by atoms with Gasteiger partial charge in [0, 0.05) is 36.4 Å². The topological polar surface area (TPSA) is 125 Å². The second kappa shape index (κ2) is 10.1. The lowest BCUT2D eigenvalue weighted by Crippen LogP contribution is -2.27. The van der Waals surface area contributed by atoms with Gasteiger partial charge in [-0.2, -0.15) is 15.3 Å². The molecule has 1 aromatic carbocycles. The van der Waals surface area contributed by atoms with Gasteiger partial charge >= 0.3 is 5.69 Å². The van der Waals surface area contributed by atoms with Gasteiger partial charge in [-0.1, -0.05) is 51.5 Å². The number of pyridine rings is 1. The molecule has 36 heavy (non-hydrogen) atoms. The van der Waals surface area contributed by atoms with E-state index in [9.17, 15) is 4.79 Å². The van der Waals surface area contributed by atoms with Crippen molar-refractivity contribution in [3.8, 4) is 28.5 Å². The number of aromatic nitrogens is 10. The summed E-state index contributed by atoms with van der Waals surface area (Å²) in [6, 6.07) is 9.83. The first-order valence-corrected chi connectivity index (χ1v) is 12.0. The molecule has 0 bridgehead atoms. The molecule has 4 aromatic heterocycles. The number of nitrogens with one attached hydrogen (secondary N) is 1. The Morgan fingerprint density at radius 3 is 2.67 bits per heavy atom. The Morgan fingerprint density at radius 2 is 1.92 bits per heavy atom. The summed E-state index contributed by atoms with van der Waals surface area (Å²) < 4.78 is 5.18. The van der Waals surface area contributed by atoms with E-state index in [-0.39, 0.29) is 5.69 Å². The highest BCUT2D eigenvalue weighted by Crippen LogP contribution is 2.32. The first-order valence-electron chi connectivity index (χ1n) is 12.0. The van der Waals surface area contributed by atoms with E-state index < -0.39 is 0 Å². The minimum atomic E-state index is -0.155. The van der Waals surface area contributed by atoms with Crippen molar-refractivity contribution in [1.29, 1.82) is 0 Å². The first kappa shape index (κ1) is 23.3. The smallest absolute Gasteiger partial charge is 0.291 e. The quantitative estimate of drug-likeness (QED) is 0.341. The van der Waals surface area contributed by atoms with Gasteiger partial charge in [-0.25, -0.2) is 14.0 Å². The summed E-state index contributed by atoms with van der Waals surface area (Å²) in [4.78, 5) is 22.5. The Balaban J connectivity index is 1.59. The molecule has 184 valence electrons. The molecule has 0 amide bonds. The van der Waals surface area contributed by atoms with Crippen molar-refractivity contribution >= 4 is 0 Å². The van der Waals surface area contributed by atoms with Crippen LogP contribution in [0.3, 0.4) is 0 Å². The molecule has 0 atom stereocenters. The number of H-pyrrole nitrogens is 1. The fraction of sp³-hybridized carbons (Fsp3) is 0.320. The summed E-state index contributed by atoms with van der Waals surface area (Å²) in [5.41, 5.74) is 4.43. The maximum Gasteiger partial charge on any atom is 0.335 e. The lowest BCUT2D eigenvalue weighted by Gasteiger charge is -2.13. The zero-order chi connectivity index (χ0) is 25.1. The van der Waals surface area contributed by atoms with Crippen LogP contribution in [-0.4, -0.2) is 49.5 Å². The van der Waals surface area contributed by atoms with Gasteiger partial charge in [-0.3, -0.25) is 9.55 Å². The van der Waals surface area contributed by atoms with Crippen LogP contribution in [0.5, 0.6) is 0 Å². The molecule has 1 N–H and O–H groups in total. The fourth-order valence-corrected chi connectivity index (χ4v) is 4.39. The summed E-state index contributed by atoms with van der Waals surface area (Å²) in [5, 5.41) is 18.9.